The molecular formula is C64H124O6. The van der Waals surface area contributed by atoms with Crippen molar-refractivity contribution in [1.29, 1.82) is 0 Å². The number of carbonyl (C=O) groups excluding carboxylic acids is 3. The third-order valence-corrected chi connectivity index (χ3v) is 14.7. The van der Waals surface area contributed by atoms with Gasteiger partial charge in [-0.05, 0) is 31.1 Å². The predicted octanol–water partition coefficient (Wildman–Crippen LogP) is 21.2. The first-order valence-corrected chi connectivity index (χ1v) is 31.7. The Hall–Kier alpha value is -1.59. The van der Waals surface area contributed by atoms with Crippen LogP contribution in [0.4, 0.5) is 0 Å². The maximum Gasteiger partial charge on any atom is 0.306 e. The van der Waals surface area contributed by atoms with Gasteiger partial charge in [-0.1, -0.05) is 324 Å². The van der Waals surface area contributed by atoms with Crippen molar-refractivity contribution in [2.24, 2.45) is 11.8 Å². The summed E-state index contributed by atoms with van der Waals surface area (Å²) in [5.74, 6) is 0.859. The topological polar surface area (TPSA) is 78.9 Å². The monoisotopic (exact) mass is 989 g/mol. The first kappa shape index (κ1) is 68.4. The summed E-state index contributed by atoms with van der Waals surface area (Å²) in [6.07, 6.45) is 62.5. The fraction of sp³-hybridized carbons (Fsp3) is 0.953. The number of hydrogen-bond donors (Lipinski definition) is 0. The van der Waals surface area contributed by atoms with Crippen molar-refractivity contribution < 1.29 is 28.6 Å². The maximum atomic E-state index is 12.9. The van der Waals surface area contributed by atoms with Crippen LogP contribution in [0.3, 0.4) is 0 Å². The normalized spacial score (nSPS) is 12.0. The number of ether oxygens (including phenoxy) is 3. The lowest BCUT2D eigenvalue weighted by molar-refractivity contribution is -0.167. The van der Waals surface area contributed by atoms with E-state index < -0.39 is 6.10 Å². The molecule has 0 amide bonds. The predicted molar refractivity (Wildman–Crippen MR) is 303 cm³/mol. The average molecular weight is 990 g/mol. The largest absolute Gasteiger partial charge is 0.462 e. The molecule has 0 bridgehead atoms. The van der Waals surface area contributed by atoms with Gasteiger partial charge in [0.25, 0.3) is 0 Å². The zero-order chi connectivity index (χ0) is 51.1. The van der Waals surface area contributed by atoms with Gasteiger partial charge in [0.1, 0.15) is 13.2 Å². The minimum Gasteiger partial charge on any atom is -0.462 e. The number of hydrogen-bond acceptors (Lipinski definition) is 6. The Balaban J connectivity index is 4.26. The van der Waals surface area contributed by atoms with Gasteiger partial charge in [0.2, 0.25) is 0 Å². The molecule has 6 heteroatoms. The molecule has 6 nitrogen and oxygen atoms in total. The molecule has 0 radical (unpaired) electrons. The lowest BCUT2D eigenvalue weighted by Gasteiger charge is -2.18. The van der Waals surface area contributed by atoms with Crippen LogP contribution in [-0.2, 0) is 28.6 Å². The van der Waals surface area contributed by atoms with E-state index in [0.717, 1.165) is 69.6 Å². The molecule has 416 valence electrons. The quantitative estimate of drug-likeness (QED) is 0.0343. The molecule has 70 heavy (non-hydrogen) atoms. The summed E-state index contributed by atoms with van der Waals surface area (Å²) in [6.45, 7) is 11.5. The Kier molecular flexibility index (Phi) is 55.4. The first-order valence-electron chi connectivity index (χ1n) is 31.7. The van der Waals surface area contributed by atoms with Crippen molar-refractivity contribution in [3.63, 3.8) is 0 Å². The second-order valence-corrected chi connectivity index (χ2v) is 23.0. The summed E-state index contributed by atoms with van der Waals surface area (Å²) in [5, 5.41) is 0. The Morgan fingerprint density at radius 1 is 0.271 bits per heavy atom. The summed E-state index contributed by atoms with van der Waals surface area (Å²) in [5.41, 5.74) is 0. The lowest BCUT2D eigenvalue weighted by Crippen LogP contribution is -2.30. The first-order chi connectivity index (χ1) is 34.2. The molecule has 0 aromatic carbocycles. The molecule has 0 spiro atoms. The van der Waals surface area contributed by atoms with Gasteiger partial charge in [-0.25, -0.2) is 0 Å². The van der Waals surface area contributed by atoms with Crippen molar-refractivity contribution in [2.75, 3.05) is 13.2 Å². The Morgan fingerprint density at radius 2 is 0.471 bits per heavy atom. The van der Waals surface area contributed by atoms with Gasteiger partial charge in [0.05, 0.1) is 0 Å². The third kappa shape index (κ3) is 57.3. The fourth-order valence-corrected chi connectivity index (χ4v) is 9.93. The second-order valence-electron chi connectivity index (χ2n) is 23.0. The van der Waals surface area contributed by atoms with Crippen LogP contribution in [-0.4, -0.2) is 37.2 Å². The zero-order valence-corrected chi connectivity index (χ0v) is 48.2. The Labute approximate surface area is 438 Å². The molecule has 0 N–H and O–H groups in total. The van der Waals surface area contributed by atoms with Crippen molar-refractivity contribution in [3.05, 3.63) is 0 Å². The van der Waals surface area contributed by atoms with Crippen LogP contribution in [0.25, 0.3) is 0 Å². The van der Waals surface area contributed by atoms with Crippen LogP contribution in [0.1, 0.15) is 362 Å². The standard InChI is InChI=1S/C64H124O6/c1-6-7-8-9-10-11-12-13-14-20-23-29-34-39-44-49-54-62(65)68-57-61(70-64(67)56-51-46-41-36-31-26-25-28-33-38-43-48-53-60(4)5)58-69-63(66)55-50-45-40-35-30-24-21-18-16-15-17-19-22-27-32-37-42-47-52-59(2)3/h59-61H,6-58H2,1-5H3/t61-/m0/s1. The molecule has 0 aliphatic rings. The minimum atomic E-state index is -0.763. The molecule has 0 saturated heterocycles. The van der Waals surface area contributed by atoms with E-state index in [1.54, 1.807) is 0 Å². The molecule has 1 atom stereocenters. The molecule has 0 fully saturated rings. The van der Waals surface area contributed by atoms with E-state index in [1.165, 1.54) is 250 Å². The van der Waals surface area contributed by atoms with Gasteiger partial charge < -0.3 is 14.2 Å². The number of rotatable bonds is 58. The molecule has 0 saturated carbocycles. The number of carbonyl (C=O) groups is 3. The van der Waals surface area contributed by atoms with Gasteiger partial charge in [0, 0.05) is 19.3 Å². The van der Waals surface area contributed by atoms with Gasteiger partial charge in [-0.2, -0.15) is 0 Å². The van der Waals surface area contributed by atoms with E-state index in [2.05, 4.69) is 34.6 Å². The SMILES string of the molecule is CCCCCCCCCCCCCCCCCCC(=O)OC[C@@H](COC(=O)CCCCCCCCCCCCCCCCCCCCC(C)C)OC(=O)CCCCCCCCCCCCCCC(C)C. The van der Waals surface area contributed by atoms with Gasteiger partial charge >= 0.3 is 17.9 Å². The third-order valence-electron chi connectivity index (χ3n) is 14.7. The summed E-state index contributed by atoms with van der Waals surface area (Å²) in [6, 6.07) is 0. The molecule has 0 aromatic heterocycles. The lowest BCUT2D eigenvalue weighted by atomic mass is 10.0. The highest BCUT2D eigenvalue weighted by Gasteiger charge is 2.19. The van der Waals surface area contributed by atoms with E-state index in [4.69, 9.17) is 14.2 Å². The van der Waals surface area contributed by atoms with E-state index in [-0.39, 0.29) is 31.1 Å². The maximum absolute atomic E-state index is 12.9. The highest BCUT2D eigenvalue weighted by molar-refractivity contribution is 5.71. The molecule has 0 rings (SSSR count). The molecule has 0 aliphatic carbocycles. The van der Waals surface area contributed by atoms with Crippen molar-refractivity contribution in [2.45, 2.75) is 368 Å². The van der Waals surface area contributed by atoms with E-state index in [1.807, 2.05) is 0 Å². The van der Waals surface area contributed by atoms with E-state index in [0.29, 0.717) is 19.3 Å². The zero-order valence-electron chi connectivity index (χ0n) is 48.2. The smallest absolute Gasteiger partial charge is 0.306 e. The van der Waals surface area contributed by atoms with Crippen LogP contribution in [0.2, 0.25) is 0 Å². The molecule has 0 heterocycles. The summed E-state index contributed by atoms with van der Waals surface area (Å²) < 4.78 is 17.0. The van der Waals surface area contributed by atoms with Crippen LogP contribution < -0.4 is 0 Å². The molecule has 0 aromatic rings. The summed E-state index contributed by atoms with van der Waals surface area (Å²) in [4.78, 5) is 38.3. The van der Waals surface area contributed by atoms with Gasteiger partial charge in [0.15, 0.2) is 6.10 Å². The van der Waals surface area contributed by atoms with Gasteiger partial charge in [-0.15, -0.1) is 0 Å². The van der Waals surface area contributed by atoms with E-state index in [9.17, 15) is 14.4 Å². The van der Waals surface area contributed by atoms with Crippen LogP contribution in [0.5, 0.6) is 0 Å². The fourth-order valence-electron chi connectivity index (χ4n) is 9.93. The second kappa shape index (κ2) is 56.7. The highest BCUT2D eigenvalue weighted by Crippen LogP contribution is 2.19. The Bertz CT molecular complexity index is 1070. The number of unbranched alkanes of at least 4 members (excludes halogenated alkanes) is 43. The summed E-state index contributed by atoms with van der Waals surface area (Å²) >= 11 is 0. The van der Waals surface area contributed by atoms with Crippen molar-refractivity contribution >= 4 is 17.9 Å². The number of esters is 3. The average Bonchev–Trinajstić information content (AvgIpc) is 3.33. The molecule has 0 aliphatic heterocycles. The van der Waals surface area contributed by atoms with Crippen LogP contribution in [0, 0.1) is 11.8 Å². The Morgan fingerprint density at radius 3 is 0.700 bits per heavy atom. The highest BCUT2D eigenvalue weighted by atomic mass is 16.6. The van der Waals surface area contributed by atoms with Crippen LogP contribution >= 0.6 is 0 Å². The van der Waals surface area contributed by atoms with Crippen molar-refractivity contribution in [3.8, 4) is 0 Å². The van der Waals surface area contributed by atoms with Crippen LogP contribution in [0.15, 0.2) is 0 Å². The summed E-state index contributed by atoms with van der Waals surface area (Å²) in [7, 11) is 0. The van der Waals surface area contributed by atoms with Crippen molar-refractivity contribution in [1.82, 2.24) is 0 Å². The molecular weight excluding hydrogens is 865 g/mol. The minimum absolute atomic E-state index is 0.0620. The van der Waals surface area contributed by atoms with Gasteiger partial charge in [-0.3, -0.25) is 14.4 Å². The van der Waals surface area contributed by atoms with E-state index >= 15 is 0 Å². The molecule has 0 unspecified atom stereocenters.